The minimum Gasteiger partial charge on any atom is -0.449 e. The molecule has 2 bridgehead atoms. The predicted molar refractivity (Wildman–Crippen MR) is 63.6 cm³/mol. The van der Waals surface area contributed by atoms with Gasteiger partial charge in [0.25, 0.3) is 0 Å². The average molecular weight is 236 g/mol. The summed E-state index contributed by atoms with van der Waals surface area (Å²) in [6.45, 7) is 2.83. The molecule has 4 nitrogen and oxygen atoms in total. The molecule has 4 heteroatoms. The van der Waals surface area contributed by atoms with Crippen LogP contribution in [0.5, 0.6) is 0 Å². The number of hydrogen-bond donors (Lipinski definition) is 0. The van der Waals surface area contributed by atoms with Gasteiger partial charge in [-0.15, -0.1) is 0 Å². The fourth-order valence-electron chi connectivity index (χ4n) is 3.34. The number of rotatable bonds is 3. The van der Waals surface area contributed by atoms with Gasteiger partial charge in [-0.3, -0.25) is 4.90 Å². The highest BCUT2D eigenvalue weighted by atomic mass is 16.5. The van der Waals surface area contributed by atoms with Crippen LogP contribution in [0.2, 0.25) is 0 Å². The highest BCUT2D eigenvalue weighted by Gasteiger charge is 2.40. The van der Waals surface area contributed by atoms with Crippen molar-refractivity contribution in [3.63, 3.8) is 0 Å². The van der Waals surface area contributed by atoms with Crippen molar-refractivity contribution >= 4 is 0 Å². The van der Waals surface area contributed by atoms with E-state index in [1.807, 2.05) is 14.0 Å². The lowest BCUT2D eigenvalue weighted by Crippen LogP contribution is -2.44. The zero-order valence-electron chi connectivity index (χ0n) is 10.6. The van der Waals surface area contributed by atoms with Crippen LogP contribution in [0.1, 0.15) is 37.3 Å². The molecule has 2 aliphatic heterocycles. The standard InChI is InChI=1S/C13H20N2O2/c1-9-14-10(8-17-9)7-15-11-3-4-12(15)6-13(5-11)16-2/h8,11-13H,3-7H2,1-2H3. The second kappa shape index (κ2) is 4.42. The zero-order valence-corrected chi connectivity index (χ0v) is 10.6. The maximum Gasteiger partial charge on any atom is 0.191 e. The summed E-state index contributed by atoms with van der Waals surface area (Å²) >= 11 is 0. The van der Waals surface area contributed by atoms with Crippen molar-refractivity contribution in [2.24, 2.45) is 0 Å². The van der Waals surface area contributed by atoms with E-state index in [1.54, 1.807) is 6.26 Å². The second-order valence-electron chi connectivity index (χ2n) is 5.24. The summed E-state index contributed by atoms with van der Waals surface area (Å²) in [7, 11) is 1.83. The molecule has 0 amide bonds. The van der Waals surface area contributed by atoms with Gasteiger partial charge in [-0.25, -0.2) is 4.98 Å². The average Bonchev–Trinajstić information content (AvgIpc) is 2.82. The number of oxazole rings is 1. The topological polar surface area (TPSA) is 38.5 Å². The van der Waals surface area contributed by atoms with Gasteiger partial charge in [-0.1, -0.05) is 0 Å². The Bertz CT molecular complexity index is 377. The molecule has 2 aliphatic rings. The number of methoxy groups -OCH3 is 1. The largest absolute Gasteiger partial charge is 0.449 e. The fraction of sp³-hybridized carbons (Fsp3) is 0.769. The van der Waals surface area contributed by atoms with Crippen LogP contribution in [0.15, 0.2) is 10.7 Å². The Balaban J connectivity index is 1.69. The zero-order chi connectivity index (χ0) is 11.8. The molecule has 3 heterocycles. The summed E-state index contributed by atoms with van der Waals surface area (Å²) in [5.74, 6) is 0.763. The molecule has 2 saturated heterocycles. The van der Waals surface area contributed by atoms with E-state index in [2.05, 4.69) is 9.88 Å². The number of piperidine rings is 1. The van der Waals surface area contributed by atoms with E-state index in [-0.39, 0.29) is 0 Å². The van der Waals surface area contributed by atoms with Gasteiger partial charge in [0, 0.05) is 32.7 Å². The maximum absolute atomic E-state index is 5.51. The van der Waals surface area contributed by atoms with Crippen LogP contribution in [-0.2, 0) is 11.3 Å². The lowest BCUT2D eigenvalue weighted by atomic mass is 9.99. The molecule has 2 unspecified atom stereocenters. The lowest BCUT2D eigenvalue weighted by Gasteiger charge is -2.37. The highest BCUT2D eigenvalue weighted by molar-refractivity contribution is 5.01. The molecule has 0 N–H and O–H groups in total. The van der Waals surface area contributed by atoms with Crippen molar-refractivity contribution in [2.75, 3.05) is 7.11 Å². The fourth-order valence-corrected chi connectivity index (χ4v) is 3.34. The van der Waals surface area contributed by atoms with Crippen LogP contribution < -0.4 is 0 Å². The van der Waals surface area contributed by atoms with Gasteiger partial charge in [-0.05, 0) is 25.7 Å². The van der Waals surface area contributed by atoms with E-state index >= 15 is 0 Å². The summed E-state index contributed by atoms with van der Waals surface area (Å²) in [5.41, 5.74) is 1.07. The minimum absolute atomic E-state index is 0.461. The number of ether oxygens (including phenoxy) is 1. The van der Waals surface area contributed by atoms with Crippen molar-refractivity contribution in [1.29, 1.82) is 0 Å². The Kier molecular flexibility index (Phi) is 2.92. The Morgan fingerprint density at radius 1 is 1.41 bits per heavy atom. The SMILES string of the molecule is COC1CC2CCC(C1)N2Cc1coc(C)n1. The van der Waals surface area contributed by atoms with E-state index in [1.165, 1.54) is 25.7 Å². The quantitative estimate of drug-likeness (QED) is 0.806. The molecule has 3 rings (SSSR count). The van der Waals surface area contributed by atoms with Gasteiger partial charge >= 0.3 is 0 Å². The molecule has 1 aromatic heterocycles. The third-order valence-electron chi connectivity index (χ3n) is 4.19. The number of nitrogens with zero attached hydrogens (tertiary/aromatic N) is 2. The molecule has 17 heavy (non-hydrogen) atoms. The van der Waals surface area contributed by atoms with Gasteiger partial charge in [0.1, 0.15) is 6.26 Å². The number of aryl methyl sites for hydroxylation is 1. The number of aromatic nitrogens is 1. The molecule has 0 radical (unpaired) electrons. The first kappa shape index (κ1) is 11.2. The molecular formula is C13H20N2O2. The van der Waals surface area contributed by atoms with E-state index in [0.717, 1.165) is 18.1 Å². The molecule has 2 fully saturated rings. The second-order valence-corrected chi connectivity index (χ2v) is 5.24. The first-order chi connectivity index (χ1) is 8.26. The van der Waals surface area contributed by atoms with E-state index in [9.17, 15) is 0 Å². The maximum atomic E-state index is 5.51. The third kappa shape index (κ3) is 2.11. The molecule has 0 aromatic carbocycles. The van der Waals surface area contributed by atoms with Crippen LogP contribution in [0.4, 0.5) is 0 Å². The molecule has 0 spiro atoms. The van der Waals surface area contributed by atoms with Crippen molar-refractivity contribution in [1.82, 2.24) is 9.88 Å². The van der Waals surface area contributed by atoms with Crippen LogP contribution in [0.25, 0.3) is 0 Å². The van der Waals surface area contributed by atoms with Crippen molar-refractivity contribution in [2.45, 2.75) is 57.3 Å². The smallest absolute Gasteiger partial charge is 0.191 e. The van der Waals surface area contributed by atoms with Gasteiger partial charge < -0.3 is 9.15 Å². The van der Waals surface area contributed by atoms with Crippen LogP contribution in [-0.4, -0.2) is 35.2 Å². The highest BCUT2D eigenvalue weighted by Crippen LogP contribution is 2.37. The predicted octanol–water partition coefficient (Wildman–Crippen LogP) is 2.12. The van der Waals surface area contributed by atoms with E-state index < -0.39 is 0 Å². The Morgan fingerprint density at radius 3 is 2.65 bits per heavy atom. The summed E-state index contributed by atoms with van der Waals surface area (Å²) in [4.78, 5) is 6.99. The van der Waals surface area contributed by atoms with Gasteiger partial charge in [-0.2, -0.15) is 0 Å². The Hall–Kier alpha value is -0.870. The van der Waals surface area contributed by atoms with Gasteiger partial charge in [0.05, 0.1) is 11.8 Å². The molecule has 2 atom stereocenters. The minimum atomic E-state index is 0.461. The lowest BCUT2D eigenvalue weighted by molar-refractivity contribution is 0.00205. The summed E-state index contributed by atoms with van der Waals surface area (Å²) in [5, 5.41) is 0. The number of hydrogen-bond acceptors (Lipinski definition) is 4. The van der Waals surface area contributed by atoms with Gasteiger partial charge in [0.2, 0.25) is 0 Å². The third-order valence-corrected chi connectivity index (χ3v) is 4.19. The van der Waals surface area contributed by atoms with E-state index in [0.29, 0.717) is 18.2 Å². The molecular weight excluding hydrogens is 216 g/mol. The van der Waals surface area contributed by atoms with Crippen LogP contribution in [0.3, 0.4) is 0 Å². The monoisotopic (exact) mass is 236 g/mol. The Morgan fingerprint density at radius 2 is 2.12 bits per heavy atom. The van der Waals surface area contributed by atoms with E-state index in [4.69, 9.17) is 9.15 Å². The molecule has 1 aromatic rings. The van der Waals surface area contributed by atoms with Crippen molar-refractivity contribution in [3.05, 3.63) is 17.8 Å². The summed E-state index contributed by atoms with van der Waals surface area (Å²) in [6.07, 6.45) is 7.20. The normalized spacial score (nSPS) is 33.2. The first-order valence-electron chi connectivity index (χ1n) is 6.46. The van der Waals surface area contributed by atoms with Crippen LogP contribution in [0, 0.1) is 6.92 Å². The Labute approximate surface area is 102 Å². The van der Waals surface area contributed by atoms with Crippen LogP contribution >= 0.6 is 0 Å². The first-order valence-corrected chi connectivity index (χ1v) is 6.46. The number of fused-ring (bicyclic) bond motifs is 2. The molecule has 0 aliphatic carbocycles. The summed E-state index contributed by atoms with van der Waals surface area (Å²) in [6, 6.07) is 1.35. The molecule has 94 valence electrons. The summed E-state index contributed by atoms with van der Waals surface area (Å²) < 4.78 is 10.8. The molecule has 0 saturated carbocycles. The van der Waals surface area contributed by atoms with Crippen molar-refractivity contribution in [3.8, 4) is 0 Å². The van der Waals surface area contributed by atoms with Crippen molar-refractivity contribution < 1.29 is 9.15 Å². The van der Waals surface area contributed by atoms with Gasteiger partial charge in [0.15, 0.2) is 5.89 Å².